The van der Waals surface area contributed by atoms with Gasteiger partial charge in [-0.3, -0.25) is 9.59 Å². The second-order valence-corrected chi connectivity index (χ2v) is 8.48. The summed E-state index contributed by atoms with van der Waals surface area (Å²) in [5, 5.41) is 10.4. The summed E-state index contributed by atoms with van der Waals surface area (Å²) in [6.07, 6.45) is 0. The van der Waals surface area contributed by atoms with Crippen LogP contribution in [-0.4, -0.2) is 21.6 Å². The highest BCUT2D eigenvalue weighted by atomic mass is 32.1. The van der Waals surface area contributed by atoms with E-state index in [2.05, 4.69) is 15.7 Å². The minimum Gasteiger partial charge on any atom is -0.321 e. The van der Waals surface area contributed by atoms with Crippen molar-refractivity contribution in [2.45, 2.75) is 20.8 Å². The molecule has 0 atom stereocenters. The van der Waals surface area contributed by atoms with Crippen LogP contribution in [0.2, 0.25) is 0 Å². The second-order valence-electron chi connectivity index (χ2n) is 7.19. The van der Waals surface area contributed by atoms with E-state index in [1.165, 1.54) is 11.3 Å². The number of aryl methyl sites for hydroxylation is 2. The van der Waals surface area contributed by atoms with Crippen LogP contribution in [0.1, 0.15) is 36.3 Å². The van der Waals surface area contributed by atoms with E-state index < -0.39 is 0 Å². The number of thiophene rings is 1. The molecule has 0 aliphatic heterocycles. The zero-order valence-corrected chi connectivity index (χ0v) is 18.3. The van der Waals surface area contributed by atoms with Gasteiger partial charge in [0.1, 0.15) is 0 Å². The van der Waals surface area contributed by atoms with Crippen molar-refractivity contribution in [3.05, 3.63) is 93.4 Å². The Morgan fingerprint density at radius 3 is 2.35 bits per heavy atom. The summed E-state index contributed by atoms with van der Waals surface area (Å²) in [4.78, 5) is 27.0. The van der Waals surface area contributed by atoms with Gasteiger partial charge >= 0.3 is 0 Å². The molecule has 0 saturated heterocycles. The first-order chi connectivity index (χ1) is 14.9. The summed E-state index contributed by atoms with van der Waals surface area (Å²) in [5.41, 5.74) is 4.19. The molecule has 0 radical (unpaired) electrons. The molecule has 4 aromatic rings. The summed E-state index contributed by atoms with van der Waals surface area (Å²) >= 11 is 1.43. The number of carbonyl (C=O) groups excluding carboxylic acids is 2. The third-order valence-corrected chi connectivity index (χ3v) is 5.88. The summed E-state index contributed by atoms with van der Waals surface area (Å²) in [5.74, 6) is -0.451. The summed E-state index contributed by atoms with van der Waals surface area (Å²) in [6.45, 7) is 5.74. The molecular formula is C24H22N4O2S. The zero-order chi connectivity index (χ0) is 22.0. The Bertz CT molecular complexity index is 1260. The Hall–Kier alpha value is -3.71. The van der Waals surface area contributed by atoms with Gasteiger partial charge < -0.3 is 10.6 Å². The van der Waals surface area contributed by atoms with E-state index >= 15 is 0 Å². The van der Waals surface area contributed by atoms with E-state index in [0.29, 0.717) is 21.8 Å². The fourth-order valence-electron chi connectivity index (χ4n) is 3.32. The first kappa shape index (κ1) is 20.6. The molecule has 6 nitrogen and oxygen atoms in total. The van der Waals surface area contributed by atoms with Crippen LogP contribution in [0, 0.1) is 20.8 Å². The lowest BCUT2D eigenvalue weighted by Gasteiger charge is -2.09. The number of nitrogens with one attached hydrogen (secondary N) is 2. The van der Waals surface area contributed by atoms with E-state index in [1.54, 1.807) is 30.3 Å². The molecule has 0 aliphatic carbocycles. The van der Waals surface area contributed by atoms with Gasteiger partial charge in [-0.1, -0.05) is 24.3 Å². The highest BCUT2D eigenvalue weighted by molar-refractivity contribution is 7.14. The number of carbonyl (C=O) groups is 2. The van der Waals surface area contributed by atoms with E-state index in [4.69, 9.17) is 0 Å². The Kier molecular flexibility index (Phi) is 5.68. The second kappa shape index (κ2) is 8.57. The van der Waals surface area contributed by atoms with Gasteiger partial charge in [0.15, 0.2) is 0 Å². The topological polar surface area (TPSA) is 76.0 Å². The van der Waals surface area contributed by atoms with E-state index in [0.717, 1.165) is 22.0 Å². The van der Waals surface area contributed by atoms with Gasteiger partial charge in [-0.15, -0.1) is 11.3 Å². The van der Waals surface area contributed by atoms with Crippen LogP contribution < -0.4 is 10.6 Å². The molecular weight excluding hydrogens is 408 g/mol. The van der Waals surface area contributed by atoms with Gasteiger partial charge in [-0.05, 0) is 63.2 Å². The fraction of sp³-hybridized carbons (Fsp3) is 0.125. The smallest absolute Gasteiger partial charge is 0.265 e. The van der Waals surface area contributed by atoms with Gasteiger partial charge in [0.05, 0.1) is 27.6 Å². The number of amides is 2. The van der Waals surface area contributed by atoms with Crippen molar-refractivity contribution < 1.29 is 9.59 Å². The van der Waals surface area contributed by atoms with Crippen LogP contribution in [0.5, 0.6) is 0 Å². The van der Waals surface area contributed by atoms with Gasteiger partial charge in [0, 0.05) is 16.1 Å². The molecule has 2 aromatic carbocycles. The third kappa shape index (κ3) is 4.41. The lowest BCUT2D eigenvalue weighted by Crippen LogP contribution is -2.15. The average molecular weight is 431 g/mol. The largest absolute Gasteiger partial charge is 0.321 e. The highest BCUT2D eigenvalue weighted by Gasteiger charge is 2.17. The quantitative estimate of drug-likeness (QED) is 0.447. The molecule has 0 spiro atoms. The molecule has 156 valence electrons. The number of benzene rings is 2. The normalized spacial score (nSPS) is 10.7. The summed E-state index contributed by atoms with van der Waals surface area (Å²) in [7, 11) is 0. The van der Waals surface area contributed by atoms with Crippen molar-refractivity contribution in [3.63, 3.8) is 0 Å². The molecule has 2 N–H and O–H groups in total. The van der Waals surface area contributed by atoms with Gasteiger partial charge in [-0.2, -0.15) is 5.10 Å². The minimum absolute atomic E-state index is 0.188. The van der Waals surface area contributed by atoms with Crippen molar-refractivity contribution in [2.75, 3.05) is 10.6 Å². The summed E-state index contributed by atoms with van der Waals surface area (Å²) in [6, 6.07) is 20.4. The maximum Gasteiger partial charge on any atom is 0.265 e. The molecule has 31 heavy (non-hydrogen) atoms. The molecule has 0 bridgehead atoms. The number of rotatable bonds is 5. The van der Waals surface area contributed by atoms with E-state index in [1.807, 2.05) is 61.9 Å². The van der Waals surface area contributed by atoms with E-state index in [-0.39, 0.29) is 11.8 Å². The van der Waals surface area contributed by atoms with Crippen LogP contribution in [-0.2, 0) is 0 Å². The van der Waals surface area contributed by atoms with Crippen LogP contribution in [0.15, 0.2) is 66.7 Å². The zero-order valence-electron chi connectivity index (χ0n) is 17.5. The molecule has 7 heteroatoms. The predicted molar refractivity (Wildman–Crippen MR) is 124 cm³/mol. The molecule has 0 unspecified atom stereocenters. The Morgan fingerprint density at radius 2 is 1.65 bits per heavy atom. The molecule has 2 aromatic heterocycles. The van der Waals surface area contributed by atoms with Crippen molar-refractivity contribution in [1.29, 1.82) is 0 Å². The maximum atomic E-state index is 12.9. The standard InChI is InChI=1S/C24H22N4O2S/c1-15-12-13-21(31-15)24(30)25-19-9-7-8-18(14-19)23(29)26-22-16(2)27-28(17(22)3)20-10-5-4-6-11-20/h4-14H,1-3H3,(H,25,30)(H,26,29). The van der Waals surface area contributed by atoms with Gasteiger partial charge in [-0.25, -0.2) is 4.68 Å². The molecule has 2 amide bonds. The highest BCUT2D eigenvalue weighted by Crippen LogP contribution is 2.24. The first-order valence-corrected chi connectivity index (χ1v) is 10.6. The molecule has 4 rings (SSSR count). The first-order valence-electron chi connectivity index (χ1n) is 9.83. The maximum absolute atomic E-state index is 12.9. The van der Waals surface area contributed by atoms with Gasteiger partial charge in [0.2, 0.25) is 0 Å². The molecule has 0 fully saturated rings. The molecule has 2 heterocycles. The number of nitrogens with zero attached hydrogens (tertiary/aromatic N) is 2. The monoisotopic (exact) mass is 430 g/mol. The Labute approximate surface area is 184 Å². The third-order valence-electron chi connectivity index (χ3n) is 4.88. The van der Waals surface area contributed by atoms with Crippen LogP contribution in [0.4, 0.5) is 11.4 Å². The number of aromatic nitrogens is 2. The molecule has 0 aliphatic rings. The SMILES string of the molecule is Cc1ccc(C(=O)Nc2cccc(C(=O)Nc3c(C)nn(-c4ccccc4)c3C)c2)s1. The van der Waals surface area contributed by atoms with Crippen LogP contribution >= 0.6 is 11.3 Å². The lowest BCUT2D eigenvalue weighted by molar-refractivity contribution is 0.101. The van der Waals surface area contributed by atoms with Crippen molar-refractivity contribution in [2.24, 2.45) is 0 Å². The fourth-order valence-corrected chi connectivity index (χ4v) is 4.08. The molecule has 0 saturated carbocycles. The van der Waals surface area contributed by atoms with Crippen LogP contribution in [0.25, 0.3) is 5.69 Å². The van der Waals surface area contributed by atoms with Crippen molar-refractivity contribution in [1.82, 2.24) is 9.78 Å². The number of anilines is 2. The summed E-state index contributed by atoms with van der Waals surface area (Å²) < 4.78 is 1.81. The Balaban J connectivity index is 1.53. The predicted octanol–water partition coefficient (Wildman–Crippen LogP) is 5.36. The lowest BCUT2D eigenvalue weighted by atomic mass is 10.1. The number of hydrogen-bond donors (Lipinski definition) is 2. The average Bonchev–Trinajstić information content (AvgIpc) is 3.33. The van der Waals surface area contributed by atoms with Crippen molar-refractivity contribution >= 4 is 34.5 Å². The number of para-hydroxylation sites is 1. The minimum atomic E-state index is -0.262. The van der Waals surface area contributed by atoms with E-state index in [9.17, 15) is 9.59 Å². The number of hydrogen-bond acceptors (Lipinski definition) is 4. The van der Waals surface area contributed by atoms with Crippen molar-refractivity contribution in [3.8, 4) is 5.69 Å². The van der Waals surface area contributed by atoms with Gasteiger partial charge in [0.25, 0.3) is 11.8 Å². The van der Waals surface area contributed by atoms with Crippen LogP contribution in [0.3, 0.4) is 0 Å². The Morgan fingerprint density at radius 1 is 0.871 bits per heavy atom.